The van der Waals surface area contributed by atoms with E-state index in [4.69, 9.17) is 0 Å². The Morgan fingerprint density at radius 3 is 2.43 bits per heavy atom. The number of aryl methyl sites for hydroxylation is 2. The molecule has 0 unspecified atom stereocenters. The van der Waals surface area contributed by atoms with Crippen molar-refractivity contribution < 1.29 is 0 Å². The Hall–Kier alpha value is -1.15. The van der Waals surface area contributed by atoms with E-state index in [1.54, 1.807) is 11.3 Å². The van der Waals surface area contributed by atoms with Gasteiger partial charge in [-0.3, -0.25) is 0 Å². The molecular formula is C12H13NS. The maximum Gasteiger partial charge on any atom is 0.123 e. The Labute approximate surface area is 88.4 Å². The molecule has 0 N–H and O–H groups in total. The fraction of sp³-hybridized carbons (Fsp3) is 0.250. The van der Waals surface area contributed by atoms with Crippen LogP contribution in [0.4, 0.5) is 0 Å². The molecule has 0 saturated heterocycles. The van der Waals surface area contributed by atoms with Crippen molar-refractivity contribution in [1.29, 1.82) is 0 Å². The monoisotopic (exact) mass is 203 g/mol. The Morgan fingerprint density at radius 2 is 1.93 bits per heavy atom. The third kappa shape index (κ3) is 1.85. The van der Waals surface area contributed by atoms with Crippen LogP contribution in [0.2, 0.25) is 0 Å². The minimum absolute atomic E-state index is 1.09. The summed E-state index contributed by atoms with van der Waals surface area (Å²) in [7, 11) is 0. The van der Waals surface area contributed by atoms with Crippen LogP contribution in [0.15, 0.2) is 29.6 Å². The molecule has 0 saturated carbocycles. The predicted molar refractivity (Wildman–Crippen MR) is 61.7 cm³/mol. The van der Waals surface area contributed by atoms with Gasteiger partial charge in [0.05, 0.1) is 0 Å². The van der Waals surface area contributed by atoms with Gasteiger partial charge < -0.3 is 0 Å². The average molecular weight is 203 g/mol. The molecule has 1 aromatic heterocycles. The van der Waals surface area contributed by atoms with Crippen molar-refractivity contribution in [3.63, 3.8) is 0 Å². The summed E-state index contributed by atoms with van der Waals surface area (Å²) < 4.78 is 0. The Kier molecular flexibility index (Phi) is 2.64. The highest BCUT2D eigenvalue weighted by Gasteiger charge is 2.01. The fourth-order valence-corrected chi connectivity index (χ4v) is 2.17. The normalized spacial score (nSPS) is 10.4. The van der Waals surface area contributed by atoms with Crippen LogP contribution in [0.25, 0.3) is 10.6 Å². The standard InChI is InChI=1S/C12H13NS/c1-3-10-4-6-11(7-5-10)12-13-9(2)8-14-12/h4-8H,3H2,1-2H3. The first kappa shape index (κ1) is 9.41. The highest BCUT2D eigenvalue weighted by atomic mass is 32.1. The van der Waals surface area contributed by atoms with E-state index in [1.807, 2.05) is 6.92 Å². The molecular weight excluding hydrogens is 190 g/mol. The summed E-state index contributed by atoms with van der Waals surface area (Å²) in [5.74, 6) is 0. The predicted octanol–water partition coefficient (Wildman–Crippen LogP) is 3.68. The Balaban J connectivity index is 2.33. The lowest BCUT2D eigenvalue weighted by Crippen LogP contribution is -1.80. The van der Waals surface area contributed by atoms with Crippen LogP contribution in [0.1, 0.15) is 18.2 Å². The van der Waals surface area contributed by atoms with E-state index < -0.39 is 0 Å². The zero-order chi connectivity index (χ0) is 9.97. The number of thiazole rings is 1. The molecule has 0 radical (unpaired) electrons. The smallest absolute Gasteiger partial charge is 0.123 e. The first-order valence-corrected chi connectivity index (χ1v) is 5.69. The summed E-state index contributed by atoms with van der Waals surface area (Å²) in [5, 5.41) is 3.20. The van der Waals surface area contributed by atoms with E-state index in [2.05, 4.69) is 41.6 Å². The minimum atomic E-state index is 1.09. The molecule has 1 aromatic carbocycles. The second-order valence-corrected chi connectivity index (χ2v) is 4.20. The molecule has 0 amide bonds. The second kappa shape index (κ2) is 3.93. The average Bonchev–Trinajstić information content (AvgIpc) is 2.65. The number of nitrogens with zero attached hydrogens (tertiary/aromatic N) is 1. The molecule has 0 spiro atoms. The summed E-state index contributed by atoms with van der Waals surface area (Å²) in [6.45, 7) is 4.20. The summed E-state index contributed by atoms with van der Waals surface area (Å²) >= 11 is 1.70. The molecule has 2 aromatic rings. The Morgan fingerprint density at radius 1 is 1.21 bits per heavy atom. The van der Waals surface area contributed by atoms with Crippen molar-refractivity contribution in [3.05, 3.63) is 40.9 Å². The van der Waals surface area contributed by atoms with Crippen molar-refractivity contribution in [2.24, 2.45) is 0 Å². The lowest BCUT2D eigenvalue weighted by Gasteiger charge is -1.98. The maximum absolute atomic E-state index is 4.45. The molecule has 0 aliphatic rings. The van der Waals surface area contributed by atoms with Crippen LogP contribution in [0.3, 0.4) is 0 Å². The zero-order valence-electron chi connectivity index (χ0n) is 8.45. The third-order valence-electron chi connectivity index (χ3n) is 2.23. The Bertz CT molecular complexity index is 414. The topological polar surface area (TPSA) is 12.9 Å². The summed E-state index contributed by atoms with van der Waals surface area (Å²) in [6.07, 6.45) is 1.09. The third-order valence-corrected chi connectivity index (χ3v) is 3.24. The van der Waals surface area contributed by atoms with E-state index in [1.165, 1.54) is 11.1 Å². The maximum atomic E-state index is 4.45. The SMILES string of the molecule is CCc1ccc(-c2nc(C)cs2)cc1. The van der Waals surface area contributed by atoms with Gasteiger partial charge in [-0.1, -0.05) is 31.2 Å². The number of rotatable bonds is 2. The molecule has 0 fully saturated rings. The van der Waals surface area contributed by atoms with E-state index >= 15 is 0 Å². The summed E-state index contributed by atoms with van der Waals surface area (Å²) in [6, 6.07) is 8.65. The van der Waals surface area contributed by atoms with Gasteiger partial charge in [0.1, 0.15) is 5.01 Å². The minimum Gasteiger partial charge on any atom is -0.241 e. The zero-order valence-corrected chi connectivity index (χ0v) is 9.27. The largest absolute Gasteiger partial charge is 0.241 e. The highest BCUT2D eigenvalue weighted by Crippen LogP contribution is 2.23. The van der Waals surface area contributed by atoms with Gasteiger partial charge >= 0.3 is 0 Å². The molecule has 0 aliphatic carbocycles. The van der Waals surface area contributed by atoms with E-state index in [9.17, 15) is 0 Å². The van der Waals surface area contributed by atoms with Crippen LogP contribution < -0.4 is 0 Å². The van der Waals surface area contributed by atoms with Gasteiger partial charge in [0.2, 0.25) is 0 Å². The van der Waals surface area contributed by atoms with Gasteiger partial charge in [-0.05, 0) is 18.9 Å². The van der Waals surface area contributed by atoms with E-state index in [0.29, 0.717) is 0 Å². The van der Waals surface area contributed by atoms with Crippen molar-refractivity contribution in [3.8, 4) is 10.6 Å². The molecule has 0 atom stereocenters. The molecule has 0 bridgehead atoms. The van der Waals surface area contributed by atoms with Crippen LogP contribution in [-0.4, -0.2) is 4.98 Å². The van der Waals surface area contributed by atoms with Crippen molar-refractivity contribution in [2.75, 3.05) is 0 Å². The number of hydrogen-bond donors (Lipinski definition) is 0. The van der Waals surface area contributed by atoms with Crippen LogP contribution in [-0.2, 0) is 6.42 Å². The van der Waals surface area contributed by atoms with Gasteiger partial charge in [0, 0.05) is 16.6 Å². The molecule has 1 nitrogen and oxygen atoms in total. The van der Waals surface area contributed by atoms with Crippen LogP contribution in [0.5, 0.6) is 0 Å². The number of hydrogen-bond acceptors (Lipinski definition) is 2. The van der Waals surface area contributed by atoms with Crippen molar-refractivity contribution >= 4 is 11.3 Å². The van der Waals surface area contributed by atoms with E-state index in [-0.39, 0.29) is 0 Å². The number of aromatic nitrogens is 1. The lowest BCUT2D eigenvalue weighted by atomic mass is 10.1. The van der Waals surface area contributed by atoms with Crippen LogP contribution in [0, 0.1) is 6.92 Å². The molecule has 1 heterocycles. The molecule has 2 heteroatoms. The number of benzene rings is 1. The molecule has 72 valence electrons. The first-order chi connectivity index (χ1) is 6.79. The van der Waals surface area contributed by atoms with Crippen LogP contribution >= 0.6 is 11.3 Å². The lowest BCUT2D eigenvalue weighted by molar-refractivity contribution is 1.14. The van der Waals surface area contributed by atoms with Crippen molar-refractivity contribution in [2.45, 2.75) is 20.3 Å². The molecule has 0 aliphatic heterocycles. The van der Waals surface area contributed by atoms with Gasteiger partial charge in [0.15, 0.2) is 0 Å². The fourth-order valence-electron chi connectivity index (χ4n) is 1.37. The summed E-state index contributed by atoms with van der Waals surface area (Å²) in [4.78, 5) is 4.45. The van der Waals surface area contributed by atoms with Gasteiger partial charge in [-0.25, -0.2) is 4.98 Å². The quantitative estimate of drug-likeness (QED) is 0.725. The molecule has 2 rings (SSSR count). The van der Waals surface area contributed by atoms with Gasteiger partial charge in [-0.15, -0.1) is 11.3 Å². The van der Waals surface area contributed by atoms with Gasteiger partial charge in [0.25, 0.3) is 0 Å². The molecule has 14 heavy (non-hydrogen) atoms. The highest BCUT2D eigenvalue weighted by molar-refractivity contribution is 7.13. The van der Waals surface area contributed by atoms with Gasteiger partial charge in [-0.2, -0.15) is 0 Å². The second-order valence-electron chi connectivity index (χ2n) is 3.34. The first-order valence-electron chi connectivity index (χ1n) is 4.81. The summed E-state index contributed by atoms with van der Waals surface area (Å²) in [5.41, 5.74) is 3.70. The van der Waals surface area contributed by atoms with E-state index in [0.717, 1.165) is 17.1 Å². The van der Waals surface area contributed by atoms with Crippen molar-refractivity contribution in [1.82, 2.24) is 4.98 Å².